The van der Waals surface area contributed by atoms with Crippen molar-refractivity contribution < 1.29 is 9.59 Å². The number of hydrogen-bond donors (Lipinski definition) is 3. The van der Waals surface area contributed by atoms with E-state index in [9.17, 15) is 14.4 Å². The highest BCUT2D eigenvalue weighted by Crippen LogP contribution is 2.18. The molecule has 0 unspecified atom stereocenters. The number of amides is 2. The minimum absolute atomic E-state index is 0.0542. The zero-order valence-electron chi connectivity index (χ0n) is 18.1. The molecule has 0 aliphatic carbocycles. The van der Waals surface area contributed by atoms with Crippen LogP contribution in [0.2, 0.25) is 0 Å². The predicted molar refractivity (Wildman–Crippen MR) is 129 cm³/mol. The lowest BCUT2D eigenvalue weighted by Gasteiger charge is -2.12. The van der Waals surface area contributed by atoms with Gasteiger partial charge in [0.25, 0.3) is 11.5 Å². The van der Waals surface area contributed by atoms with Gasteiger partial charge in [0.2, 0.25) is 5.91 Å². The lowest BCUT2D eigenvalue weighted by atomic mass is 10.1. The molecule has 0 radical (unpaired) electrons. The molecule has 3 aromatic carbocycles. The van der Waals surface area contributed by atoms with Crippen molar-refractivity contribution >= 4 is 33.5 Å². The van der Waals surface area contributed by atoms with Crippen LogP contribution in [0.3, 0.4) is 0 Å². The Morgan fingerprint density at radius 3 is 2.29 bits per heavy atom. The fourth-order valence-corrected chi connectivity index (χ4v) is 3.95. The Balaban J connectivity index is 1.37. The van der Waals surface area contributed by atoms with Crippen LogP contribution in [-0.2, 0) is 17.8 Å². The van der Waals surface area contributed by atoms with Gasteiger partial charge < -0.3 is 4.98 Å². The molecule has 2 heterocycles. The molecule has 0 bridgehead atoms. The molecule has 0 aliphatic heterocycles. The van der Waals surface area contributed by atoms with Gasteiger partial charge in [-0.2, -0.15) is 5.10 Å². The Bertz CT molecular complexity index is 1570. The van der Waals surface area contributed by atoms with Crippen molar-refractivity contribution in [3.63, 3.8) is 0 Å². The summed E-state index contributed by atoms with van der Waals surface area (Å²) in [5, 5.41) is 6.07. The number of carbonyl (C=O) groups excluding carboxylic acids is 2. The van der Waals surface area contributed by atoms with Crippen LogP contribution in [-0.4, -0.2) is 26.6 Å². The fourth-order valence-electron chi connectivity index (χ4n) is 3.95. The highest BCUT2D eigenvalue weighted by molar-refractivity contribution is 6.05. The third-order valence-corrected chi connectivity index (χ3v) is 5.60. The zero-order chi connectivity index (χ0) is 23.5. The van der Waals surface area contributed by atoms with E-state index in [0.717, 1.165) is 22.0 Å². The average Bonchev–Trinajstić information content (AvgIpc) is 3.27. The van der Waals surface area contributed by atoms with Crippen molar-refractivity contribution in [2.75, 3.05) is 0 Å². The second-order valence-corrected chi connectivity index (χ2v) is 7.88. The normalized spacial score (nSPS) is 10.9. The summed E-state index contributed by atoms with van der Waals surface area (Å²) < 4.78 is 1.26. The summed E-state index contributed by atoms with van der Waals surface area (Å²) in [4.78, 5) is 41.6. The number of para-hydroxylation sites is 1. The van der Waals surface area contributed by atoms with E-state index >= 15 is 0 Å². The van der Waals surface area contributed by atoms with Crippen molar-refractivity contribution in [2.24, 2.45) is 0 Å². The Labute approximate surface area is 194 Å². The Hall–Kier alpha value is -4.72. The molecule has 5 aromatic rings. The number of nitrogens with zero attached hydrogens (tertiary/aromatic N) is 2. The number of nitrogens with one attached hydrogen (secondary N) is 3. The summed E-state index contributed by atoms with van der Waals surface area (Å²) in [6.45, 7) is 0.220. The third kappa shape index (κ3) is 4.16. The molecule has 8 nitrogen and oxygen atoms in total. The van der Waals surface area contributed by atoms with Gasteiger partial charge in [0, 0.05) is 22.5 Å². The number of aromatic amines is 1. The largest absolute Gasteiger partial charge is 0.361 e. The van der Waals surface area contributed by atoms with E-state index in [1.165, 1.54) is 4.68 Å². The molecule has 2 aromatic heterocycles. The smallest absolute Gasteiger partial charge is 0.290 e. The lowest BCUT2D eigenvalue weighted by molar-refractivity contribution is -0.121. The maximum atomic E-state index is 13.0. The topological polar surface area (TPSA) is 109 Å². The van der Waals surface area contributed by atoms with Crippen LogP contribution in [0.4, 0.5) is 0 Å². The number of H-pyrrole nitrogens is 1. The van der Waals surface area contributed by atoms with Gasteiger partial charge in [-0.25, -0.2) is 4.68 Å². The summed E-state index contributed by atoms with van der Waals surface area (Å²) in [5.41, 5.74) is 7.29. The quantitative estimate of drug-likeness (QED) is 0.357. The maximum absolute atomic E-state index is 13.0. The number of carbonyl (C=O) groups is 2. The van der Waals surface area contributed by atoms with Crippen molar-refractivity contribution in [1.82, 2.24) is 25.6 Å². The van der Waals surface area contributed by atoms with Crippen LogP contribution in [0.15, 0.2) is 89.9 Å². The minimum Gasteiger partial charge on any atom is -0.361 e. The molecule has 0 atom stereocenters. The van der Waals surface area contributed by atoms with Gasteiger partial charge in [0.1, 0.15) is 0 Å². The van der Waals surface area contributed by atoms with Crippen LogP contribution < -0.4 is 16.4 Å². The van der Waals surface area contributed by atoms with Crippen LogP contribution in [0.5, 0.6) is 0 Å². The van der Waals surface area contributed by atoms with Crippen molar-refractivity contribution in [1.29, 1.82) is 0 Å². The highest BCUT2D eigenvalue weighted by atomic mass is 16.2. The Kier molecular flexibility index (Phi) is 5.61. The number of hydrogen-bond acceptors (Lipinski definition) is 4. The lowest BCUT2D eigenvalue weighted by Crippen LogP contribution is -2.43. The van der Waals surface area contributed by atoms with Gasteiger partial charge in [0.05, 0.1) is 18.4 Å². The first-order valence-electron chi connectivity index (χ1n) is 10.8. The molecule has 0 saturated heterocycles. The van der Waals surface area contributed by atoms with Crippen LogP contribution in [0, 0.1) is 0 Å². The second-order valence-electron chi connectivity index (χ2n) is 7.88. The van der Waals surface area contributed by atoms with E-state index in [4.69, 9.17) is 0 Å². The molecule has 0 fully saturated rings. The Morgan fingerprint density at radius 2 is 1.50 bits per heavy atom. The van der Waals surface area contributed by atoms with Gasteiger partial charge in [-0.05, 0) is 23.3 Å². The van der Waals surface area contributed by atoms with E-state index in [1.54, 1.807) is 30.5 Å². The first-order chi connectivity index (χ1) is 16.6. The monoisotopic (exact) mass is 451 g/mol. The molecule has 5 rings (SSSR count). The number of aromatic nitrogens is 3. The number of rotatable bonds is 5. The molecule has 3 N–H and O–H groups in total. The molecule has 0 spiro atoms. The molecular formula is C26H21N5O3. The molecule has 168 valence electrons. The number of fused-ring (bicyclic) bond motifs is 2. The summed E-state index contributed by atoms with van der Waals surface area (Å²) in [5.74, 6) is -0.981. The highest BCUT2D eigenvalue weighted by Gasteiger charge is 2.18. The number of benzene rings is 3. The number of hydrazine groups is 1. The van der Waals surface area contributed by atoms with Crippen LogP contribution in [0.1, 0.15) is 21.6 Å². The van der Waals surface area contributed by atoms with E-state index < -0.39 is 5.91 Å². The summed E-state index contributed by atoms with van der Waals surface area (Å²) >= 11 is 0. The van der Waals surface area contributed by atoms with Crippen molar-refractivity contribution in [3.8, 4) is 0 Å². The summed E-state index contributed by atoms with van der Waals surface area (Å²) in [7, 11) is 0. The molecular weight excluding hydrogens is 430 g/mol. The molecule has 34 heavy (non-hydrogen) atoms. The maximum Gasteiger partial charge on any atom is 0.290 e. The molecule has 0 saturated carbocycles. The van der Waals surface area contributed by atoms with Gasteiger partial charge in [-0.1, -0.05) is 66.7 Å². The molecule has 8 heteroatoms. The summed E-state index contributed by atoms with van der Waals surface area (Å²) in [6.07, 6.45) is 1.87. The fraction of sp³-hybridized carbons (Fsp3) is 0.0769. The minimum atomic E-state index is -0.606. The first-order valence-corrected chi connectivity index (χ1v) is 10.8. The van der Waals surface area contributed by atoms with E-state index in [-0.39, 0.29) is 30.1 Å². The van der Waals surface area contributed by atoms with Crippen molar-refractivity contribution in [2.45, 2.75) is 13.0 Å². The molecule has 2 amide bonds. The third-order valence-electron chi connectivity index (χ3n) is 5.60. The predicted octanol–water partition coefficient (Wildman–Crippen LogP) is 2.93. The SMILES string of the molecule is O=C(Cc1c[nH]c2ccccc12)NNC(=O)c1nn(Cc2ccccc2)c(=O)c2ccccc12. The average molecular weight is 451 g/mol. The Morgan fingerprint density at radius 1 is 0.824 bits per heavy atom. The van der Waals surface area contributed by atoms with Gasteiger partial charge in [0.15, 0.2) is 5.69 Å². The summed E-state index contributed by atoms with van der Waals surface area (Å²) in [6, 6.07) is 23.9. The van der Waals surface area contributed by atoms with Crippen molar-refractivity contribution in [3.05, 3.63) is 112 Å². The van der Waals surface area contributed by atoms with Crippen LogP contribution in [0.25, 0.3) is 21.7 Å². The van der Waals surface area contributed by atoms with E-state index in [1.807, 2.05) is 54.6 Å². The van der Waals surface area contributed by atoms with E-state index in [0.29, 0.717) is 10.8 Å². The van der Waals surface area contributed by atoms with Gasteiger partial charge in [-0.3, -0.25) is 25.2 Å². The first kappa shape index (κ1) is 21.1. The van der Waals surface area contributed by atoms with Gasteiger partial charge in [-0.15, -0.1) is 0 Å². The molecule has 0 aliphatic rings. The standard InChI is InChI=1S/C26H21N5O3/c32-23(14-18-15-27-22-13-7-6-10-19(18)22)28-29-25(33)24-20-11-4-5-12-21(20)26(34)31(30-24)16-17-8-2-1-3-9-17/h1-13,15,27H,14,16H2,(H,28,32)(H,29,33). The second kappa shape index (κ2) is 9.03. The van der Waals surface area contributed by atoms with Crippen LogP contribution >= 0.6 is 0 Å². The van der Waals surface area contributed by atoms with Gasteiger partial charge >= 0.3 is 0 Å². The zero-order valence-corrected chi connectivity index (χ0v) is 18.1. The van der Waals surface area contributed by atoms with E-state index in [2.05, 4.69) is 20.9 Å².